The van der Waals surface area contributed by atoms with E-state index in [0.29, 0.717) is 0 Å². The second kappa shape index (κ2) is 19.2. The molecule has 0 aromatic heterocycles. The van der Waals surface area contributed by atoms with Gasteiger partial charge in [0.25, 0.3) is 0 Å². The molecule has 0 saturated carbocycles. The van der Waals surface area contributed by atoms with Crippen molar-refractivity contribution < 1.29 is 16.9 Å². The van der Waals surface area contributed by atoms with Gasteiger partial charge in [-0.25, -0.2) is 0 Å². The molecule has 2 heteroatoms. The fourth-order valence-corrected chi connectivity index (χ4v) is 3.94. The summed E-state index contributed by atoms with van der Waals surface area (Å²) >= 11 is 0. The van der Waals surface area contributed by atoms with Gasteiger partial charge in [0.2, 0.25) is 0 Å². The number of rotatable bonds is 18. The van der Waals surface area contributed by atoms with Crippen LogP contribution in [0.2, 0.25) is 0 Å². The van der Waals surface area contributed by atoms with E-state index in [1.54, 1.807) is 0 Å². The molecule has 0 radical (unpaired) electrons. The van der Waals surface area contributed by atoms with Gasteiger partial charge in [-0.3, -0.25) is 0 Å². The third-order valence-corrected chi connectivity index (χ3v) is 5.73. The van der Waals surface area contributed by atoms with Crippen LogP contribution >= 0.6 is 0 Å². The topological polar surface area (TPSA) is 0 Å². The Bertz CT molecular complexity index is 481. The summed E-state index contributed by atoms with van der Waals surface area (Å²) in [6.07, 6.45) is 24.2. The first-order chi connectivity index (χ1) is 13.6. The minimum absolute atomic E-state index is 0. The molecule has 0 aliphatic rings. The third-order valence-electron chi connectivity index (χ3n) is 5.73. The molecule has 0 N–H and O–H groups in total. The summed E-state index contributed by atoms with van der Waals surface area (Å²) in [6, 6.07) is 10.9. The molecule has 0 unspecified atom stereocenters. The highest BCUT2D eigenvalue weighted by Gasteiger charge is 2.14. The van der Waals surface area contributed by atoms with Crippen LogP contribution < -0.4 is 12.4 Å². The van der Waals surface area contributed by atoms with E-state index in [4.69, 9.17) is 0 Å². The molecule has 1 nitrogen and oxygen atoms in total. The van der Waals surface area contributed by atoms with Crippen molar-refractivity contribution in [2.45, 2.75) is 103 Å². The molecule has 0 fully saturated rings. The van der Waals surface area contributed by atoms with Gasteiger partial charge in [-0.1, -0.05) is 101 Å². The first-order valence-corrected chi connectivity index (χ1v) is 12.1. The van der Waals surface area contributed by atoms with Crippen molar-refractivity contribution in [1.82, 2.24) is 0 Å². The van der Waals surface area contributed by atoms with E-state index in [1.165, 1.54) is 102 Å². The number of allylic oxidation sites excluding steroid dienone is 2. The Labute approximate surface area is 189 Å². The largest absolute Gasteiger partial charge is 1.00 e. The second-order valence-electron chi connectivity index (χ2n) is 9.24. The van der Waals surface area contributed by atoms with Gasteiger partial charge < -0.3 is 16.9 Å². The Balaban J connectivity index is 0.00000784. The molecule has 0 heterocycles. The molecule has 29 heavy (non-hydrogen) atoms. The summed E-state index contributed by atoms with van der Waals surface area (Å²) in [6.45, 7) is 4.72. The number of halogens is 1. The molecule has 0 saturated heterocycles. The monoisotopic (exact) mass is 421 g/mol. The lowest BCUT2D eigenvalue weighted by molar-refractivity contribution is -0.903. The van der Waals surface area contributed by atoms with Gasteiger partial charge in [-0.05, 0) is 38.5 Å². The maximum absolute atomic E-state index is 2.43. The van der Waals surface area contributed by atoms with Crippen LogP contribution in [0.15, 0.2) is 42.5 Å². The highest BCUT2D eigenvalue weighted by atomic mass is 35.5. The fourth-order valence-electron chi connectivity index (χ4n) is 3.94. The normalized spacial score (nSPS) is 11.7. The SMILES string of the molecule is CCCCCCCC/C=C/CCCCCCCC[N+](C)(C)Cc1ccccc1.[Cl-]. The predicted octanol–water partition coefficient (Wildman–Crippen LogP) is 5.30. The molecule has 0 atom stereocenters. The van der Waals surface area contributed by atoms with E-state index in [2.05, 4.69) is 63.5 Å². The van der Waals surface area contributed by atoms with Gasteiger partial charge in [0.1, 0.15) is 6.54 Å². The summed E-state index contributed by atoms with van der Waals surface area (Å²) in [5, 5.41) is 0. The van der Waals surface area contributed by atoms with Crippen LogP contribution in [0.3, 0.4) is 0 Å². The van der Waals surface area contributed by atoms with Crippen LogP contribution in [0.4, 0.5) is 0 Å². The van der Waals surface area contributed by atoms with Crippen LogP contribution in [0.5, 0.6) is 0 Å². The van der Waals surface area contributed by atoms with E-state index in [1.807, 2.05) is 0 Å². The van der Waals surface area contributed by atoms with Crippen molar-refractivity contribution >= 4 is 0 Å². The van der Waals surface area contributed by atoms with E-state index < -0.39 is 0 Å². The van der Waals surface area contributed by atoms with Crippen molar-refractivity contribution in [2.75, 3.05) is 20.6 Å². The molecular formula is C27H48ClN. The predicted molar refractivity (Wildman–Crippen MR) is 127 cm³/mol. The number of hydrogen-bond donors (Lipinski definition) is 0. The second-order valence-corrected chi connectivity index (χ2v) is 9.24. The summed E-state index contributed by atoms with van der Waals surface area (Å²) in [7, 11) is 4.73. The highest BCUT2D eigenvalue weighted by molar-refractivity contribution is 5.13. The van der Waals surface area contributed by atoms with Gasteiger partial charge in [0.05, 0.1) is 20.6 Å². The van der Waals surface area contributed by atoms with Crippen molar-refractivity contribution in [1.29, 1.82) is 0 Å². The fraction of sp³-hybridized carbons (Fsp3) is 0.704. The minimum Gasteiger partial charge on any atom is -1.00 e. The zero-order valence-corrected chi connectivity index (χ0v) is 20.4. The molecule has 1 rings (SSSR count). The zero-order valence-electron chi connectivity index (χ0n) is 19.7. The van der Waals surface area contributed by atoms with Gasteiger partial charge in [0, 0.05) is 5.56 Å². The zero-order chi connectivity index (χ0) is 20.3. The minimum atomic E-state index is 0. The van der Waals surface area contributed by atoms with E-state index in [9.17, 15) is 0 Å². The number of nitrogens with zero attached hydrogens (tertiary/aromatic N) is 1. The van der Waals surface area contributed by atoms with Crippen molar-refractivity contribution in [2.24, 2.45) is 0 Å². The molecule has 1 aromatic rings. The number of benzene rings is 1. The summed E-state index contributed by atoms with van der Waals surface area (Å²) in [5.74, 6) is 0. The van der Waals surface area contributed by atoms with E-state index >= 15 is 0 Å². The van der Waals surface area contributed by atoms with Crippen LogP contribution in [-0.2, 0) is 6.54 Å². The van der Waals surface area contributed by atoms with Gasteiger partial charge in [0.15, 0.2) is 0 Å². The molecule has 1 aromatic carbocycles. The molecule has 0 aliphatic carbocycles. The Kier molecular flexibility index (Phi) is 18.7. The maximum Gasteiger partial charge on any atom is 0.104 e. The van der Waals surface area contributed by atoms with Crippen molar-refractivity contribution in [3.05, 3.63) is 48.0 Å². The van der Waals surface area contributed by atoms with Crippen molar-refractivity contribution in [3.63, 3.8) is 0 Å². The molecular weight excluding hydrogens is 374 g/mol. The Morgan fingerprint density at radius 3 is 1.69 bits per heavy atom. The molecule has 168 valence electrons. The van der Waals surface area contributed by atoms with Gasteiger partial charge in [-0.2, -0.15) is 0 Å². The van der Waals surface area contributed by atoms with Gasteiger partial charge in [-0.15, -0.1) is 0 Å². The van der Waals surface area contributed by atoms with E-state index in [0.717, 1.165) is 11.0 Å². The summed E-state index contributed by atoms with van der Waals surface area (Å²) in [4.78, 5) is 0. The molecule has 0 spiro atoms. The standard InChI is InChI=1S/C27H48N.ClH/c1-4-5-6-7-8-9-10-11-12-13-14-15-16-17-18-22-25-28(2,3)26-27-23-20-19-21-24-27;/h11-12,19-21,23-24H,4-10,13-18,22,25-26H2,1-3H3;1H/q+1;/p-1/b12-11+;. The lowest BCUT2D eigenvalue weighted by atomic mass is 10.1. The van der Waals surface area contributed by atoms with Gasteiger partial charge >= 0.3 is 0 Å². The van der Waals surface area contributed by atoms with Crippen LogP contribution in [0.25, 0.3) is 0 Å². The third kappa shape index (κ3) is 17.8. The van der Waals surface area contributed by atoms with E-state index in [-0.39, 0.29) is 12.4 Å². The summed E-state index contributed by atoms with van der Waals surface area (Å²) < 4.78 is 1.10. The average molecular weight is 422 g/mol. The summed E-state index contributed by atoms with van der Waals surface area (Å²) in [5.41, 5.74) is 1.46. The first kappa shape index (κ1) is 28.2. The number of unbranched alkanes of at least 4 members (excludes halogenated alkanes) is 12. The van der Waals surface area contributed by atoms with Crippen LogP contribution in [-0.4, -0.2) is 25.1 Å². The Morgan fingerprint density at radius 1 is 0.655 bits per heavy atom. The average Bonchev–Trinajstić information content (AvgIpc) is 2.68. The van der Waals surface area contributed by atoms with Crippen molar-refractivity contribution in [3.8, 4) is 0 Å². The lowest BCUT2D eigenvalue weighted by Gasteiger charge is -2.30. The smallest absolute Gasteiger partial charge is 0.104 e. The number of hydrogen-bond acceptors (Lipinski definition) is 0. The molecule has 0 aliphatic heterocycles. The van der Waals surface area contributed by atoms with Crippen LogP contribution in [0, 0.1) is 0 Å². The maximum atomic E-state index is 2.43. The molecule has 0 bridgehead atoms. The van der Waals surface area contributed by atoms with Crippen LogP contribution in [0.1, 0.15) is 102 Å². The Morgan fingerprint density at radius 2 is 1.14 bits per heavy atom. The first-order valence-electron chi connectivity index (χ1n) is 12.1. The Hall–Kier alpha value is -0.790. The highest BCUT2D eigenvalue weighted by Crippen LogP contribution is 2.13. The lowest BCUT2D eigenvalue weighted by Crippen LogP contribution is -3.00. The quantitative estimate of drug-likeness (QED) is 0.171. The molecule has 0 amide bonds. The number of quaternary nitrogens is 1.